The molecule has 3 aromatic heterocycles. The summed E-state index contributed by atoms with van der Waals surface area (Å²) in [6.45, 7) is 6.63. The predicted octanol–water partition coefficient (Wildman–Crippen LogP) is 5.57. The first-order valence-electron chi connectivity index (χ1n) is 9.32. The van der Waals surface area contributed by atoms with E-state index in [0.717, 1.165) is 16.8 Å². The molecule has 1 aromatic carbocycles. The average molecular weight is 416 g/mol. The average Bonchev–Trinajstić information content (AvgIpc) is 3.21. The first kappa shape index (κ1) is 19.5. The van der Waals surface area contributed by atoms with Crippen LogP contribution in [0.15, 0.2) is 36.5 Å². The van der Waals surface area contributed by atoms with E-state index < -0.39 is 6.43 Å². The Morgan fingerprint density at radius 1 is 1.10 bits per heavy atom. The van der Waals surface area contributed by atoms with Crippen molar-refractivity contribution in [2.45, 2.75) is 40.3 Å². The van der Waals surface area contributed by atoms with Gasteiger partial charge in [-0.3, -0.25) is 4.68 Å². The Labute approximate surface area is 171 Å². The molecule has 0 saturated heterocycles. The van der Waals surface area contributed by atoms with Crippen LogP contribution in [0.5, 0.6) is 0 Å². The summed E-state index contributed by atoms with van der Waals surface area (Å²) in [6, 6.07) is 8.84. The minimum Gasteiger partial charge on any atom is -0.272 e. The summed E-state index contributed by atoms with van der Waals surface area (Å²) < 4.78 is 31.3. The zero-order valence-corrected chi connectivity index (χ0v) is 17.1. The molecule has 4 aromatic rings. The van der Waals surface area contributed by atoms with Crippen molar-refractivity contribution in [2.75, 3.05) is 0 Å². The quantitative estimate of drug-likeness (QED) is 0.428. The third-order valence-electron chi connectivity index (χ3n) is 4.91. The lowest BCUT2D eigenvalue weighted by Crippen LogP contribution is -2.04. The molecule has 0 amide bonds. The third kappa shape index (κ3) is 3.62. The Bertz CT molecular complexity index is 1200. The number of hydrogen-bond donors (Lipinski definition) is 0. The van der Waals surface area contributed by atoms with Crippen LogP contribution in [0.25, 0.3) is 22.3 Å². The molecule has 0 atom stereocenters. The molecule has 29 heavy (non-hydrogen) atoms. The molecule has 0 saturated carbocycles. The van der Waals surface area contributed by atoms with Gasteiger partial charge in [0.1, 0.15) is 0 Å². The van der Waals surface area contributed by atoms with Gasteiger partial charge in [-0.25, -0.2) is 18.4 Å². The van der Waals surface area contributed by atoms with Crippen LogP contribution in [-0.2, 0) is 13.1 Å². The molecule has 0 radical (unpaired) electrons. The molecule has 0 bridgehead atoms. The smallest absolute Gasteiger partial charge is 0.264 e. The summed E-state index contributed by atoms with van der Waals surface area (Å²) in [5.41, 5.74) is 3.76. The number of alkyl halides is 2. The number of pyridine rings is 1. The minimum absolute atomic E-state index is 0.0662. The van der Waals surface area contributed by atoms with Crippen LogP contribution in [0.4, 0.5) is 8.78 Å². The van der Waals surface area contributed by atoms with Crippen LogP contribution in [0.3, 0.4) is 0 Å². The second kappa shape index (κ2) is 7.55. The van der Waals surface area contributed by atoms with Gasteiger partial charge in [0.25, 0.3) is 6.43 Å². The Hall–Kier alpha value is -2.80. The number of fused-ring (bicyclic) bond motifs is 1. The zero-order chi connectivity index (χ0) is 20.7. The second-order valence-corrected chi connectivity index (χ2v) is 7.39. The van der Waals surface area contributed by atoms with Gasteiger partial charge in [-0.1, -0.05) is 23.7 Å². The largest absolute Gasteiger partial charge is 0.272 e. The van der Waals surface area contributed by atoms with E-state index in [2.05, 4.69) is 10.2 Å². The Kier molecular flexibility index (Phi) is 5.08. The van der Waals surface area contributed by atoms with E-state index in [1.165, 1.54) is 6.07 Å². The highest BCUT2D eigenvalue weighted by Crippen LogP contribution is 2.34. The maximum atomic E-state index is 13.9. The highest BCUT2D eigenvalue weighted by Gasteiger charge is 2.22. The standard InChI is InChI=1S/C21H20ClF2N5/c1-4-28-11-17(12(2)26-28)18-9-16(20(23)24)19-13(3)27-29(21(19)25-18)10-14-6-5-7-15(22)8-14/h5-9,11,20H,4,10H2,1-3H3. The summed E-state index contributed by atoms with van der Waals surface area (Å²) in [4.78, 5) is 4.72. The second-order valence-electron chi connectivity index (χ2n) is 6.95. The summed E-state index contributed by atoms with van der Waals surface area (Å²) >= 11 is 6.09. The maximum Gasteiger partial charge on any atom is 0.264 e. The van der Waals surface area contributed by atoms with Crippen molar-refractivity contribution < 1.29 is 8.78 Å². The van der Waals surface area contributed by atoms with Crippen molar-refractivity contribution in [3.63, 3.8) is 0 Å². The minimum atomic E-state index is -2.64. The highest BCUT2D eigenvalue weighted by atomic mass is 35.5. The number of halogens is 3. The molecule has 3 heterocycles. The molecule has 4 rings (SSSR count). The molecule has 0 unspecified atom stereocenters. The van der Waals surface area contributed by atoms with Crippen molar-refractivity contribution in [2.24, 2.45) is 0 Å². The van der Waals surface area contributed by atoms with Gasteiger partial charge in [0.15, 0.2) is 5.65 Å². The van der Waals surface area contributed by atoms with Crippen LogP contribution < -0.4 is 0 Å². The number of nitrogens with zero attached hydrogens (tertiary/aromatic N) is 5. The van der Waals surface area contributed by atoms with Gasteiger partial charge in [0.2, 0.25) is 0 Å². The van der Waals surface area contributed by atoms with E-state index >= 15 is 0 Å². The summed E-state index contributed by atoms with van der Waals surface area (Å²) in [7, 11) is 0. The summed E-state index contributed by atoms with van der Waals surface area (Å²) in [5, 5.41) is 9.92. The SMILES string of the molecule is CCn1cc(-c2cc(C(F)F)c3c(C)nn(Cc4cccc(Cl)c4)c3n2)c(C)n1. The van der Waals surface area contributed by atoms with Crippen LogP contribution in [-0.4, -0.2) is 24.5 Å². The Morgan fingerprint density at radius 2 is 1.90 bits per heavy atom. The lowest BCUT2D eigenvalue weighted by molar-refractivity contribution is 0.153. The van der Waals surface area contributed by atoms with Gasteiger partial charge in [-0.15, -0.1) is 0 Å². The molecular formula is C21H20ClF2N5. The third-order valence-corrected chi connectivity index (χ3v) is 5.15. The fraction of sp³-hybridized carbons (Fsp3) is 0.286. The lowest BCUT2D eigenvalue weighted by atomic mass is 10.1. The molecule has 0 aliphatic rings. The van der Waals surface area contributed by atoms with Crippen LogP contribution in [0.2, 0.25) is 5.02 Å². The van der Waals surface area contributed by atoms with Gasteiger partial charge >= 0.3 is 0 Å². The van der Waals surface area contributed by atoms with Crippen molar-refractivity contribution >= 4 is 22.6 Å². The molecule has 0 fully saturated rings. The molecule has 0 aliphatic carbocycles. The van der Waals surface area contributed by atoms with Crippen molar-refractivity contribution in [3.8, 4) is 11.3 Å². The van der Waals surface area contributed by atoms with E-state index in [0.29, 0.717) is 40.5 Å². The Balaban J connectivity index is 1.92. The Morgan fingerprint density at radius 3 is 2.55 bits per heavy atom. The van der Waals surface area contributed by atoms with Crippen LogP contribution in [0.1, 0.15) is 35.9 Å². The summed E-state index contributed by atoms with van der Waals surface area (Å²) in [6.07, 6.45) is -0.799. The normalized spacial score (nSPS) is 11.7. The van der Waals surface area contributed by atoms with Crippen molar-refractivity contribution in [3.05, 3.63) is 64.1 Å². The predicted molar refractivity (Wildman–Crippen MR) is 109 cm³/mol. The maximum absolute atomic E-state index is 13.9. The number of benzene rings is 1. The van der Waals surface area contributed by atoms with E-state index in [9.17, 15) is 8.78 Å². The molecule has 0 aliphatic heterocycles. The number of aryl methyl sites for hydroxylation is 3. The number of rotatable bonds is 5. The topological polar surface area (TPSA) is 48.5 Å². The molecule has 5 nitrogen and oxygen atoms in total. The fourth-order valence-corrected chi connectivity index (χ4v) is 3.76. The van der Waals surface area contributed by atoms with Gasteiger partial charge in [-0.2, -0.15) is 10.2 Å². The van der Waals surface area contributed by atoms with Crippen molar-refractivity contribution in [1.29, 1.82) is 0 Å². The molecule has 0 spiro atoms. The fourth-order valence-electron chi connectivity index (χ4n) is 3.55. The zero-order valence-electron chi connectivity index (χ0n) is 16.3. The number of hydrogen-bond acceptors (Lipinski definition) is 3. The molecule has 150 valence electrons. The van der Waals surface area contributed by atoms with Crippen molar-refractivity contribution in [1.82, 2.24) is 24.5 Å². The van der Waals surface area contributed by atoms with Gasteiger partial charge in [-0.05, 0) is 44.5 Å². The van der Waals surface area contributed by atoms with E-state index in [-0.39, 0.29) is 5.56 Å². The van der Waals surface area contributed by atoms with Crippen LogP contribution in [0, 0.1) is 13.8 Å². The van der Waals surface area contributed by atoms with E-state index in [1.807, 2.05) is 38.2 Å². The lowest BCUT2D eigenvalue weighted by Gasteiger charge is -2.08. The number of aromatic nitrogens is 5. The van der Waals surface area contributed by atoms with Gasteiger partial charge in [0.05, 0.1) is 29.0 Å². The highest BCUT2D eigenvalue weighted by molar-refractivity contribution is 6.30. The first-order chi connectivity index (χ1) is 13.9. The van der Waals surface area contributed by atoms with E-state index in [1.54, 1.807) is 22.4 Å². The molecule has 8 heteroatoms. The first-order valence-corrected chi connectivity index (χ1v) is 9.70. The van der Waals surface area contributed by atoms with Crippen LogP contribution >= 0.6 is 11.6 Å². The van der Waals surface area contributed by atoms with Gasteiger partial charge < -0.3 is 0 Å². The molecule has 0 N–H and O–H groups in total. The van der Waals surface area contributed by atoms with E-state index in [4.69, 9.17) is 16.6 Å². The molecular weight excluding hydrogens is 396 g/mol. The van der Waals surface area contributed by atoms with Gasteiger partial charge in [0, 0.05) is 28.9 Å². The monoisotopic (exact) mass is 415 g/mol. The summed E-state index contributed by atoms with van der Waals surface area (Å²) in [5.74, 6) is 0.